The van der Waals surface area contributed by atoms with Gasteiger partial charge in [-0.3, -0.25) is 4.90 Å². The van der Waals surface area contributed by atoms with Gasteiger partial charge in [0.15, 0.2) is 5.76 Å². The first kappa shape index (κ1) is 13.6. The molecule has 4 heteroatoms. The first-order valence-corrected chi connectivity index (χ1v) is 7.22. The molecule has 18 heavy (non-hydrogen) atoms. The Morgan fingerprint density at radius 1 is 1.44 bits per heavy atom. The summed E-state index contributed by atoms with van der Waals surface area (Å²) >= 11 is 0. The van der Waals surface area contributed by atoms with Gasteiger partial charge in [-0.2, -0.15) is 0 Å². The normalized spacial score (nSPS) is 15.5. The van der Waals surface area contributed by atoms with Gasteiger partial charge < -0.3 is 9.84 Å². The van der Waals surface area contributed by atoms with Crippen LogP contribution in [0.2, 0.25) is 0 Å². The van der Waals surface area contributed by atoms with Crippen molar-refractivity contribution in [2.45, 2.75) is 58.7 Å². The van der Waals surface area contributed by atoms with E-state index in [1.165, 1.54) is 25.7 Å². The topological polar surface area (TPSA) is 41.3 Å². The molecule has 0 aliphatic heterocycles. The maximum Gasteiger partial charge on any atom is 0.151 e. The fourth-order valence-electron chi connectivity index (χ4n) is 2.00. The number of hydrogen-bond acceptors (Lipinski definition) is 4. The van der Waals surface area contributed by atoms with Crippen LogP contribution in [0.5, 0.6) is 0 Å². The van der Waals surface area contributed by atoms with E-state index in [0.29, 0.717) is 0 Å². The van der Waals surface area contributed by atoms with Crippen LogP contribution < -0.4 is 5.32 Å². The third-order valence-electron chi connectivity index (χ3n) is 3.41. The first-order chi connectivity index (χ1) is 8.81. The van der Waals surface area contributed by atoms with Gasteiger partial charge in [-0.25, -0.2) is 0 Å². The lowest BCUT2D eigenvalue weighted by Gasteiger charge is -2.17. The van der Waals surface area contributed by atoms with Gasteiger partial charge in [0.05, 0.1) is 12.2 Å². The predicted octanol–water partition coefficient (Wildman–Crippen LogP) is 2.55. The van der Waals surface area contributed by atoms with Crippen LogP contribution in [0, 0.1) is 0 Å². The van der Waals surface area contributed by atoms with Gasteiger partial charge in [0.1, 0.15) is 0 Å². The van der Waals surface area contributed by atoms with Crippen molar-refractivity contribution < 1.29 is 4.52 Å². The van der Waals surface area contributed by atoms with Gasteiger partial charge >= 0.3 is 0 Å². The minimum atomic E-state index is 0.724. The molecular weight excluding hydrogens is 226 g/mol. The average Bonchev–Trinajstić information content (AvgIpc) is 3.12. The largest absolute Gasteiger partial charge is 0.360 e. The number of nitrogens with one attached hydrogen (secondary N) is 1. The number of nitrogens with zero attached hydrogens (tertiary/aromatic N) is 2. The van der Waals surface area contributed by atoms with E-state index in [2.05, 4.69) is 35.3 Å². The Bertz CT molecular complexity index is 347. The Kier molecular flexibility index (Phi) is 5.20. The molecule has 4 nitrogen and oxygen atoms in total. The number of rotatable bonds is 9. The van der Waals surface area contributed by atoms with E-state index in [-0.39, 0.29) is 0 Å². The van der Waals surface area contributed by atoms with Gasteiger partial charge in [0.2, 0.25) is 0 Å². The molecule has 1 N–H and O–H groups in total. The lowest BCUT2D eigenvalue weighted by atomic mass is 10.3. The van der Waals surface area contributed by atoms with E-state index in [1.54, 1.807) is 0 Å². The van der Waals surface area contributed by atoms with Crippen molar-refractivity contribution in [1.82, 2.24) is 15.4 Å². The van der Waals surface area contributed by atoms with Crippen LogP contribution in [0.1, 0.15) is 51.0 Å². The minimum absolute atomic E-state index is 0.724. The monoisotopic (exact) mass is 251 g/mol. The third kappa shape index (κ3) is 4.42. The highest BCUT2D eigenvalue weighted by atomic mass is 16.5. The van der Waals surface area contributed by atoms with Gasteiger partial charge in [-0.15, -0.1) is 0 Å². The molecule has 0 unspecified atom stereocenters. The predicted molar refractivity (Wildman–Crippen MR) is 72.2 cm³/mol. The van der Waals surface area contributed by atoms with Gasteiger partial charge in [-0.1, -0.05) is 25.4 Å². The molecule has 0 atom stereocenters. The summed E-state index contributed by atoms with van der Waals surface area (Å²) in [5.41, 5.74) is 1.03. The van der Waals surface area contributed by atoms with Crippen LogP contribution in [0.25, 0.3) is 0 Å². The van der Waals surface area contributed by atoms with Crippen LogP contribution in [0.15, 0.2) is 10.6 Å². The SMILES string of the molecule is CCCCN(CC)Cc1cc(CNC2CC2)no1. The summed E-state index contributed by atoms with van der Waals surface area (Å²) in [6.07, 6.45) is 5.11. The van der Waals surface area contributed by atoms with Crippen molar-refractivity contribution in [3.05, 3.63) is 17.5 Å². The van der Waals surface area contributed by atoms with E-state index in [9.17, 15) is 0 Å². The summed E-state index contributed by atoms with van der Waals surface area (Å²) in [6.45, 7) is 8.35. The van der Waals surface area contributed by atoms with E-state index in [1.807, 2.05) is 0 Å². The Morgan fingerprint density at radius 2 is 2.28 bits per heavy atom. The highest BCUT2D eigenvalue weighted by molar-refractivity contribution is 5.05. The smallest absolute Gasteiger partial charge is 0.151 e. The second-order valence-electron chi connectivity index (χ2n) is 5.16. The highest BCUT2D eigenvalue weighted by Crippen LogP contribution is 2.19. The van der Waals surface area contributed by atoms with Crippen molar-refractivity contribution in [2.24, 2.45) is 0 Å². The summed E-state index contributed by atoms with van der Waals surface area (Å²) in [4.78, 5) is 2.40. The molecule has 2 rings (SSSR count). The van der Waals surface area contributed by atoms with Gasteiger partial charge in [0, 0.05) is 18.7 Å². The quantitative estimate of drug-likeness (QED) is 0.732. The molecule has 1 aromatic rings. The van der Waals surface area contributed by atoms with Crippen LogP contribution in [-0.2, 0) is 13.1 Å². The van der Waals surface area contributed by atoms with Crippen molar-refractivity contribution >= 4 is 0 Å². The van der Waals surface area contributed by atoms with Crippen LogP contribution in [0.4, 0.5) is 0 Å². The molecule has 0 aromatic carbocycles. The molecule has 0 spiro atoms. The molecule has 1 aromatic heterocycles. The van der Waals surface area contributed by atoms with Gasteiger partial charge in [0.25, 0.3) is 0 Å². The molecule has 0 amide bonds. The second kappa shape index (κ2) is 6.90. The number of unbranched alkanes of at least 4 members (excludes halogenated alkanes) is 1. The molecule has 0 saturated heterocycles. The van der Waals surface area contributed by atoms with Crippen molar-refractivity contribution in [3.8, 4) is 0 Å². The maximum atomic E-state index is 5.40. The zero-order chi connectivity index (χ0) is 12.8. The Balaban J connectivity index is 1.76. The van der Waals surface area contributed by atoms with Crippen LogP contribution in [-0.4, -0.2) is 29.2 Å². The zero-order valence-corrected chi connectivity index (χ0v) is 11.6. The summed E-state index contributed by atoms with van der Waals surface area (Å²) in [5, 5.41) is 7.57. The molecule has 1 aliphatic carbocycles. The van der Waals surface area contributed by atoms with Crippen molar-refractivity contribution in [2.75, 3.05) is 13.1 Å². The third-order valence-corrected chi connectivity index (χ3v) is 3.41. The fourth-order valence-corrected chi connectivity index (χ4v) is 2.00. The molecule has 1 fully saturated rings. The minimum Gasteiger partial charge on any atom is -0.360 e. The van der Waals surface area contributed by atoms with Gasteiger partial charge in [-0.05, 0) is 32.4 Å². The first-order valence-electron chi connectivity index (χ1n) is 7.22. The number of hydrogen-bond donors (Lipinski definition) is 1. The second-order valence-corrected chi connectivity index (χ2v) is 5.16. The van der Waals surface area contributed by atoms with Crippen LogP contribution >= 0.6 is 0 Å². The molecule has 102 valence electrons. The van der Waals surface area contributed by atoms with E-state index in [0.717, 1.165) is 43.7 Å². The van der Waals surface area contributed by atoms with Crippen molar-refractivity contribution in [3.63, 3.8) is 0 Å². The van der Waals surface area contributed by atoms with Crippen molar-refractivity contribution in [1.29, 1.82) is 0 Å². The number of aromatic nitrogens is 1. The Hall–Kier alpha value is -0.870. The molecule has 0 radical (unpaired) electrons. The summed E-state index contributed by atoms with van der Waals surface area (Å²) in [7, 11) is 0. The van der Waals surface area contributed by atoms with Crippen LogP contribution in [0.3, 0.4) is 0 Å². The summed E-state index contributed by atoms with van der Waals surface area (Å²) in [6, 6.07) is 2.81. The van der Waals surface area contributed by atoms with E-state index >= 15 is 0 Å². The van der Waals surface area contributed by atoms with E-state index in [4.69, 9.17) is 4.52 Å². The molecule has 1 aliphatic rings. The Morgan fingerprint density at radius 3 is 2.94 bits per heavy atom. The fraction of sp³-hybridized carbons (Fsp3) is 0.786. The molecular formula is C14H25N3O. The molecule has 1 saturated carbocycles. The molecule has 1 heterocycles. The Labute approximate surface area is 110 Å². The van der Waals surface area contributed by atoms with E-state index < -0.39 is 0 Å². The lowest BCUT2D eigenvalue weighted by Crippen LogP contribution is -2.23. The highest BCUT2D eigenvalue weighted by Gasteiger charge is 2.20. The summed E-state index contributed by atoms with van der Waals surface area (Å²) in [5.74, 6) is 0.987. The standard InChI is InChI=1S/C14H25N3O/c1-3-5-8-17(4-2)11-14-9-13(16-18-14)10-15-12-6-7-12/h9,12,15H,3-8,10-11H2,1-2H3. The summed E-state index contributed by atoms with van der Waals surface area (Å²) < 4.78 is 5.40. The zero-order valence-electron chi connectivity index (χ0n) is 11.6. The lowest BCUT2D eigenvalue weighted by molar-refractivity contribution is 0.237. The molecule has 0 bridgehead atoms. The maximum absolute atomic E-state index is 5.40. The average molecular weight is 251 g/mol.